The summed E-state index contributed by atoms with van der Waals surface area (Å²) in [6.45, 7) is 0. The first-order chi connectivity index (χ1) is 8.33. The molecular formula is C15H10O2. The molecule has 17 heavy (non-hydrogen) atoms. The van der Waals surface area contributed by atoms with E-state index in [0.29, 0.717) is 5.76 Å². The Balaban J connectivity index is 2.21. The Labute approximate surface area is 98.5 Å². The molecule has 0 bridgehead atoms. The molecule has 0 amide bonds. The third-order valence-electron chi connectivity index (χ3n) is 2.68. The number of benzene rings is 2. The molecule has 2 aliphatic rings. The van der Waals surface area contributed by atoms with Gasteiger partial charge in [0.25, 0.3) is 0 Å². The Bertz CT molecular complexity index is 668. The summed E-state index contributed by atoms with van der Waals surface area (Å²) in [4.78, 5) is 11.3. The summed E-state index contributed by atoms with van der Waals surface area (Å²) in [5, 5.41) is 0. The average molecular weight is 222 g/mol. The maximum Gasteiger partial charge on any atom is 0.182 e. The second kappa shape index (κ2) is 3.91. The fraction of sp³-hybridized carbons (Fsp3) is 0. The van der Waals surface area contributed by atoms with Crippen molar-refractivity contribution in [2.45, 2.75) is 0 Å². The molecule has 0 saturated heterocycles. The zero-order valence-corrected chi connectivity index (χ0v) is 9.09. The molecule has 1 heterocycles. The van der Waals surface area contributed by atoms with Crippen LogP contribution in [-0.4, -0.2) is 0 Å². The fourth-order valence-electron chi connectivity index (χ4n) is 1.82. The van der Waals surface area contributed by atoms with Crippen molar-refractivity contribution in [2.75, 3.05) is 0 Å². The van der Waals surface area contributed by atoms with Gasteiger partial charge < -0.3 is 4.42 Å². The first-order valence-electron chi connectivity index (χ1n) is 5.42. The number of fused-ring (bicyclic) bond motifs is 1. The molecular weight excluding hydrogens is 212 g/mol. The third kappa shape index (κ3) is 1.85. The van der Waals surface area contributed by atoms with Crippen LogP contribution in [0.15, 0.2) is 69.9 Å². The van der Waals surface area contributed by atoms with Crippen LogP contribution in [0.3, 0.4) is 0 Å². The van der Waals surface area contributed by atoms with E-state index in [1.54, 1.807) is 12.1 Å². The summed E-state index contributed by atoms with van der Waals surface area (Å²) in [6.07, 6.45) is 0. The van der Waals surface area contributed by atoms with Crippen LogP contribution in [0.2, 0.25) is 0 Å². The molecule has 1 aliphatic heterocycles. The third-order valence-corrected chi connectivity index (χ3v) is 2.68. The summed E-state index contributed by atoms with van der Waals surface area (Å²) in [6, 6.07) is 18.5. The molecule has 3 rings (SSSR count). The minimum absolute atomic E-state index is 0.0357. The van der Waals surface area contributed by atoms with Gasteiger partial charge in [-0.25, -0.2) is 0 Å². The van der Waals surface area contributed by atoms with Gasteiger partial charge in [0.05, 0.1) is 0 Å². The molecule has 1 aromatic rings. The molecule has 1 aliphatic carbocycles. The van der Waals surface area contributed by atoms with Crippen LogP contribution >= 0.6 is 0 Å². The average Bonchev–Trinajstić information content (AvgIpc) is 2.39. The van der Waals surface area contributed by atoms with Gasteiger partial charge in [0.1, 0.15) is 11.5 Å². The monoisotopic (exact) mass is 222 g/mol. The van der Waals surface area contributed by atoms with Gasteiger partial charge >= 0.3 is 0 Å². The van der Waals surface area contributed by atoms with Crippen molar-refractivity contribution in [3.05, 3.63) is 70.9 Å². The zero-order valence-electron chi connectivity index (χ0n) is 9.09. The standard InChI is InChI=1S/C15H10O2/c16-13-8-6-12-7-9-14(17-15(12)10-13)11-4-2-1-3-5-11/h1-10H. The van der Waals surface area contributed by atoms with Crippen LogP contribution in [0, 0.1) is 0 Å². The van der Waals surface area contributed by atoms with Crippen LogP contribution in [0.4, 0.5) is 0 Å². The predicted octanol–water partition coefficient (Wildman–Crippen LogP) is 3.41. The van der Waals surface area contributed by atoms with E-state index in [1.807, 2.05) is 42.5 Å². The second-order valence-electron chi connectivity index (χ2n) is 3.87. The quantitative estimate of drug-likeness (QED) is 0.631. The molecule has 0 radical (unpaired) electrons. The van der Waals surface area contributed by atoms with Gasteiger partial charge in [-0.05, 0) is 24.3 Å². The van der Waals surface area contributed by atoms with Crippen molar-refractivity contribution in [1.82, 2.24) is 0 Å². The molecule has 0 aromatic heterocycles. The van der Waals surface area contributed by atoms with E-state index in [-0.39, 0.29) is 5.43 Å². The molecule has 0 N–H and O–H groups in total. The van der Waals surface area contributed by atoms with Gasteiger partial charge in [0.2, 0.25) is 0 Å². The lowest BCUT2D eigenvalue weighted by atomic mass is 10.1. The van der Waals surface area contributed by atoms with E-state index in [9.17, 15) is 4.79 Å². The van der Waals surface area contributed by atoms with E-state index in [1.165, 1.54) is 6.07 Å². The van der Waals surface area contributed by atoms with E-state index in [2.05, 4.69) is 0 Å². The highest BCUT2D eigenvalue weighted by Crippen LogP contribution is 2.27. The summed E-state index contributed by atoms with van der Waals surface area (Å²) < 4.78 is 5.73. The zero-order chi connectivity index (χ0) is 11.7. The van der Waals surface area contributed by atoms with Gasteiger partial charge in [0, 0.05) is 17.2 Å². The van der Waals surface area contributed by atoms with Gasteiger partial charge in [-0.2, -0.15) is 0 Å². The Kier molecular flexibility index (Phi) is 2.26. The molecule has 0 spiro atoms. The van der Waals surface area contributed by atoms with Crippen LogP contribution in [0.25, 0.3) is 22.6 Å². The van der Waals surface area contributed by atoms with Crippen molar-refractivity contribution in [1.29, 1.82) is 0 Å². The second-order valence-corrected chi connectivity index (χ2v) is 3.87. The van der Waals surface area contributed by atoms with Crippen molar-refractivity contribution in [3.63, 3.8) is 0 Å². The maximum absolute atomic E-state index is 11.3. The van der Waals surface area contributed by atoms with E-state index >= 15 is 0 Å². The minimum atomic E-state index is -0.0357. The van der Waals surface area contributed by atoms with E-state index in [0.717, 1.165) is 16.9 Å². The van der Waals surface area contributed by atoms with E-state index < -0.39 is 0 Å². The van der Waals surface area contributed by atoms with Gasteiger partial charge in [-0.15, -0.1) is 0 Å². The van der Waals surface area contributed by atoms with Gasteiger partial charge in [-0.3, -0.25) is 4.79 Å². The smallest absolute Gasteiger partial charge is 0.182 e. The van der Waals surface area contributed by atoms with Crippen molar-refractivity contribution in [3.8, 4) is 22.6 Å². The first-order valence-corrected chi connectivity index (χ1v) is 5.42. The largest absolute Gasteiger partial charge is 0.456 e. The number of rotatable bonds is 1. The molecule has 0 fully saturated rings. The maximum atomic E-state index is 11.3. The molecule has 0 unspecified atom stereocenters. The number of hydrogen-bond acceptors (Lipinski definition) is 2. The number of hydrogen-bond donors (Lipinski definition) is 0. The topological polar surface area (TPSA) is 30.2 Å². The highest BCUT2D eigenvalue weighted by Gasteiger charge is 2.07. The molecule has 0 saturated carbocycles. The summed E-state index contributed by atoms with van der Waals surface area (Å²) in [5.41, 5.74) is 1.90. The summed E-state index contributed by atoms with van der Waals surface area (Å²) in [5.74, 6) is 1.39. The highest BCUT2D eigenvalue weighted by atomic mass is 16.3. The lowest BCUT2D eigenvalue weighted by Gasteiger charge is -2.06. The first kappa shape index (κ1) is 9.85. The Morgan fingerprint density at radius 1 is 0.706 bits per heavy atom. The van der Waals surface area contributed by atoms with Gasteiger partial charge in [0.15, 0.2) is 5.43 Å². The molecule has 82 valence electrons. The minimum Gasteiger partial charge on any atom is -0.456 e. The Morgan fingerprint density at radius 3 is 2.24 bits per heavy atom. The van der Waals surface area contributed by atoms with E-state index in [4.69, 9.17) is 4.42 Å². The van der Waals surface area contributed by atoms with Gasteiger partial charge in [-0.1, -0.05) is 30.3 Å². The normalized spacial score (nSPS) is 10.6. The lowest BCUT2D eigenvalue weighted by Crippen LogP contribution is -1.97. The van der Waals surface area contributed by atoms with Crippen LogP contribution in [-0.2, 0) is 0 Å². The van der Waals surface area contributed by atoms with Crippen molar-refractivity contribution >= 4 is 0 Å². The van der Waals surface area contributed by atoms with Crippen LogP contribution < -0.4 is 5.43 Å². The fourth-order valence-corrected chi connectivity index (χ4v) is 1.82. The SMILES string of the molecule is O=c1ccc2ccc(-c3ccccc3)oc-2c1. The highest BCUT2D eigenvalue weighted by molar-refractivity contribution is 5.65. The summed E-state index contributed by atoms with van der Waals surface area (Å²) >= 11 is 0. The molecule has 2 heteroatoms. The summed E-state index contributed by atoms with van der Waals surface area (Å²) in [7, 11) is 0. The molecule has 1 aromatic carbocycles. The molecule has 0 atom stereocenters. The van der Waals surface area contributed by atoms with Crippen LogP contribution in [0.5, 0.6) is 0 Å². The Hall–Kier alpha value is -2.35. The Morgan fingerprint density at radius 2 is 1.41 bits per heavy atom. The predicted molar refractivity (Wildman–Crippen MR) is 67.0 cm³/mol. The van der Waals surface area contributed by atoms with Crippen molar-refractivity contribution in [2.24, 2.45) is 0 Å². The van der Waals surface area contributed by atoms with Crippen molar-refractivity contribution < 1.29 is 4.42 Å². The lowest BCUT2D eigenvalue weighted by molar-refractivity contribution is 0.580. The molecule has 2 nitrogen and oxygen atoms in total. The van der Waals surface area contributed by atoms with Crippen LogP contribution in [0.1, 0.15) is 0 Å².